The molecule has 29 heavy (non-hydrogen) atoms. The van der Waals surface area contributed by atoms with Crippen LogP contribution in [0.3, 0.4) is 0 Å². The van der Waals surface area contributed by atoms with Gasteiger partial charge in [-0.1, -0.05) is 12.1 Å². The Morgan fingerprint density at radius 2 is 1.93 bits per heavy atom. The third kappa shape index (κ3) is 3.58. The lowest BCUT2D eigenvalue weighted by molar-refractivity contribution is -0.130. The van der Waals surface area contributed by atoms with Gasteiger partial charge < -0.3 is 19.6 Å². The molecule has 7 heteroatoms. The Kier molecular flexibility index (Phi) is 5.24. The number of fused-ring (bicyclic) bond motifs is 1. The molecule has 1 aromatic heterocycles. The van der Waals surface area contributed by atoms with E-state index < -0.39 is 0 Å². The highest BCUT2D eigenvalue weighted by Gasteiger charge is 2.49. The summed E-state index contributed by atoms with van der Waals surface area (Å²) in [5, 5.41) is 9.32. The van der Waals surface area contributed by atoms with E-state index in [-0.39, 0.29) is 36.3 Å². The maximum absolute atomic E-state index is 13.0. The number of nitrogens with zero attached hydrogens (tertiary/aromatic N) is 3. The molecule has 3 atom stereocenters. The molecule has 0 saturated carbocycles. The molecule has 0 spiro atoms. The van der Waals surface area contributed by atoms with E-state index in [2.05, 4.69) is 4.98 Å². The van der Waals surface area contributed by atoms with Crippen LogP contribution >= 0.6 is 0 Å². The number of methoxy groups -OCH3 is 1. The van der Waals surface area contributed by atoms with E-state index in [1.165, 1.54) is 0 Å². The van der Waals surface area contributed by atoms with Crippen molar-refractivity contribution in [2.45, 2.75) is 19.6 Å². The fourth-order valence-corrected chi connectivity index (χ4v) is 4.61. The molecule has 152 valence electrons. The molecule has 2 saturated heterocycles. The number of carbonyl (C=O) groups excluding carboxylic acids is 2. The van der Waals surface area contributed by atoms with Gasteiger partial charge in [0.1, 0.15) is 11.4 Å². The largest absolute Gasteiger partial charge is 0.497 e. The van der Waals surface area contributed by atoms with Crippen LogP contribution in [-0.2, 0) is 11.4 Å². The van der Waals surface area contributed by atoms with E-state index in [0.717, 1.165) is 11.3 Å². The molecule has 4 rings (SSSR count). The Bertz CT molecular complexity index is 915. The number of hydrogen-bond donors (Lipinski definition) is 1. The summed E-state index contributed by atoms with van der Waals surface area (Å²) in [5.74, 6) is 1.11. The van der Waals surface area contributed by atoms with E-state index >= 15 is 0 Å². The number of rotatable bonds is 4. The van der Waals surface area contributed by atoms with E-state index in [1.807, 2.05) is 34.1 Å². The Morgan fingerprint density at radius 3 is 2.59 bits per heavy atom. The zero-order valence-electron chi connectivity index (χ0n) is 16.6. The molecule has 1 N–H and O–H groups in total. The molecule has 2 aliphatic heterocycles. The van der Waals surface area contributed by atoms with Gasteiger partial charge in [-0.3, -0.25) is 14.6 Å². The molecule has 7 nitrogen and oxygen atoms in total. The Hall–Kier alpha value is -2.93. The number of amides is 2. The summed E-state index contributed by atoms with van der Waals surface area (Å²) in [6.07, 6.45) is 1.55. The van der Waals surface area contributed by atoms with Crippen LogP contribution in [0.25, 0.3) is 0 Å². The molecular formula is C22H25N3O4. The number of hydrogen-bond acceptors (Lipinski definition) is 5. The van der Waals surface area contributed by atoms with E-state index in [0.29, 0.717) is 30.9 Å². The molecule has 0 aliphatic carbocycles. The monoisotopic (exact) mass is 395 g/mol. The summed E-state index contributed by atoms with van der Waals surface area (Å²) in [5.41, 5.74) is 2.07. The van der Waals surface area contributed by atoms with Crippen molar-refractivity contribution in [2.75, 3.05) is 26.7 Å². The van der Waals surface area contributed by atoms with Gasteiger partial charge in [0.25, 0.3) is 5.91 Å². The molecule has 2 aromatic rings. The molecule has 3 heterocycles. The van der Waals surface area contributed by atoms with Gasteiger partial charge in [-0.2, -0.15) is 0 Å². The number of aliphatic hydroxyl groups is 1. The smallest absolute Gasteiger partial charge is 0.272 e. The maximum atomic E-state index is 13.0. The number of ether oxygens (including phenoxy) is 1. The summed E-state index contributed by atoms with van der Waals surface area (Å²) in [4.78, 5) is 33.2. The molecule has 2 fully saturated rings. The SMILES string of the molecule is COc1ccc([C@H]2[C@@H]3CN(C(=O)c4cc(CO)ccn4)C[C@@H]3CN2C(C)=O)cc1. The molecule has 0 bridgehead atoms. The van der Waals surface area contributed by atoms with Crippen LogP contribution in [0.2, 0.25) is 0 Å². The first-order chi connectivity index (χ1) is 14.0. The highest BCUT2D eigenvalue weighted by molar-refractivity contribution is 5.92. The van der Waals surface area contributed by atoms with Gasteiger partial charge in [0.15, 0.2) is 0 Å². The van der Waals surface area contributed by atoms with Crippen molar-refractivity contribution in [2.24, 2.45) is 11.8 Å². The maximum Gasteiger partial charge on any atom is 0.272 e. The lowest BCUT2D eigenvalue weighted by Crippen LogP contribution is -2.36. The van der Waals surface area contributed by atoms with E-state index in [9.17, 15) is 14.7 Å². The minimum atomic E-state index is -0.127. The van der Waals surface area contributed by atoms with Crippen molar-refractivity contribution < 1.29 is 19.4 Å². The van der Waals surface area contributed by atoms with Crippen LogP contribution in [0.1, 0.15) is 34.6 Å². The molecule has 1 aromatic carbocycles. The van der Waals surface area contributed by atoms with Crippen LogP contribution in [0.4, 0.5) is 0 Å². The minimum absolute atomic E-state index is 0.0513. The number of aromatic nitrogens is 1. The van der Waals surface area contributed by atoms with E-state index in [1.54, 1.807) is 32.4 Å². The third-order valence-corrected chi connectivity index (χ3v) is 6.04. The Labute approximate surface area is 169 Å². The number of carbonyl (C=O) groups is 2. The minimum Gasteiger partial charge on any atom is -0.497 e. The summed E-state index contributed by atoms with van der Waals surface area (Å²) in [6, 6.07) is 11.1. The Balaban J connectivity index is 1.57. The van der Waals surface area contributed by atoms with Crippen molar-refractivity contribution in [1.29, 1.82) is 0 Å². The van der Waals surface area contributed by atoms with Gasteiger partial charge >= 0.3 is 0 Å². The van der Waals surface area contributed by atoms with Crippen molar-refractivity contribution in [3.63, 3.8) is 0 Å². The first-order valence-electron chi connectivity index (χ1n) is 9.78. The third-order valence-electron chi connectivity index (χ3n) is 6.04. The van der Waals surface area contributed by atoms with Crippen LogP contribution < -0.4 is 4.74 Å². The van der Waals surface area contributed by atoms with Gasteiger partial charge in [0.05, 0.1) is 19.8 Å². The van der Waals surface area contributed by atoms with Crippen molar-refractivity contribution in [1.82, 2.24) is 14.8 Å². The first-order valence-corrected chi connectivity index (χ1v) is 9.78. The zero-order valence-corrected chi connectivity index (χ0v) is 16.6. The van der Waals surface area contributed by atoms with Crippen LogP contribution in [0, 0.1) is 11.8 Å². The lowest BCUT2D eigenvalue weighted by Gasteiger charge is -2.29. The second kappa shape index (κ2) is 7.83. The Morgan fingerprint density at radius 1 is 1.17 bits per heavy atom. The highest BCUT2D eigenvalue weighted by Crippen LogP contribution is 2.45. The molecule has 0 radical (unpaired) electrons. The summed E-state index contributed by atoms with van der Waals surface area (Å²) in [7, 11) is 1.63. The predicted octanol–water partition coefficient (Wildman–Crippen LogP) is 1.87. The van der Waals surface area contributed by atoms with Gasteiger partial charge in [-0.05, 0) is 35.4 Å². The van der Waals surface area contributed by atoms with Crippen molar-refractivity contribution in [3.05, 3.63) is 59.4 Å². The standard InChI is InChI=1S/C22H25N3O4/c1-14(27)25-11-17-10-24(22(28)20-9-15(13-26)7-8-23-20)12-19(17)21(25)16-3-5-18(29-2)6-4-16/h3-9,17,19,21,26H,10-13H2,1-2H3/t17-,19-,21+/m1/s1. The summed E-state index contributed by atoms with van der Waals surface area (Å²) in [6.45, 7) is 3.30. The van der Waals surface area contributed by atoms with E-state index in [4.69, 9.17) is 4.74 Å². The second-order valence-corrected chi connectivity index (χ2v) is 7.73. The first kappa shape index (κ1) is 19.4. The van der Waals surface area contributed by atoms with Crippen LogP contribution in [-0.4, -0.2) is 58.4 Å². The normalized spacial score (nSPS) is 23.2. The number of pyridine rings is 1. The van der Waals surface area contributed by atoms with Gasteiger partial charge in [-0.25, -0.2) is 0 Å². The number of benzene rings is 1. The van der Waals surface area contributed by atoms with Gasteiger partial charge in [-0.15, -0.1) is 0 Å². The highest BCUT2D eigenvalue weighted by atomic mass is 16.5. The second-order valence-electron chi connectivity index (χ2n) is 7.73. The molecule has 2 amide bonds. The fourth-order valence-electron chi connectivity index (χ4n) is 4.61. The quantitative estimate of drug-likeness (QED) is 0.855. The average molecular weight is 395 g/mol. The topological polar surface area (TPSA) is 83.0 Å². The number of aliphatic hydroxyl groups excluding tert-OH is 1. The summed E-state index contributed by atoms with van der Waals surface area (Å²) >= 11 is 0. The zero-order chi connectivity index (χ0) is 20.5. The molecular weight excluding hydrogens is 370 g/mol. The van der Waals surface area contributed by atoms with Crippen LogP contribution in [0.5, 0.6) is 5.75 Å². The van der Waals surface area contributed by atoms with Crippen molar-refractivity contribution in [3.8, 4) is 5.75 Å². The molecule has 0 unspecified atom stereocenters. The fraction of sp³-hybridized carbons (Fsp3) is 0.409. The lowest BCUT2D eigenvalue weighted by atomic mass is 9.89. The summed E-state index contributed by atoms with van der Waals surface area (Å²) < 4.78 is 5.25. The van der Waals surface area contributed by atoms with Gasteiger partial charge in [0.2, 0.25) is 5.91 Å². The molecule has 2 aliphatic rings. The predicted molar refractivity (Wildman–Crippen MR) is 106 cm³/mol. The van der Waals surface area contributed by atoms with Gasteiger partial charge in [0, 0.05) is 44.6 Å². The van der Waals surface area contributed by atoms with Crippen molar-refractivity contribution >= 4 is 11.8 Å². The number of likely N-dealkylation sites (tertiary alicyclic amines) is 2. The van der Waals surface area contributed by atoms with Crippen LogP contribution in [0.15, 0.2) is 42.6 Å². The average Bonchev–Trinajstić information content (AvgIpc) is 3.31.